The minimum absolute atomic E-state index is 0.0294. The van der Waals surface area contributed by atoms with E-state index in [2.05, 4.69) is 19.9 Å². The Kier molecular flexibility index (Phi) is 6.08. The van der Waals surface area contributed by atoms with Gasteiger partial charge in [-0.3, -0.25) is 9.88 Å². The van der Waals surface area contributed by atoms with Crippen molar-refractivity contribution in [1.82, 2.24) is 19.9 Å². The van der Waals surface area contributed by atoms with Gasteiger partial charge in [0.2, 0.25) is 0 Å². The van der Waals surface area contributed by atoms with Crippen LogP contribution in [-0.2, 0) is 18.0 Å². The maximum atomic E-state index is 16.3. The Balaban J connectivity index is 1.48. The van der Waals surface area contributed by atoms with Gasteiger partial charge in [0, 0.05) is 35.1 Å². The summed E-state index contributed by atoms with van der Waals surface area (Å²) in [5, 5.41) is 19.8. The molecule has 1 saturated heterocycles. The number of hydrogen-bond donors (Lipinski definition) is 2. The third-order valence-corrected chi connectivity index (χ3v) is 8.04. The first-order valence-corrected chi connectivity index (χ1v) is 12.7. The molecule has 37 heavy (non-hydrogen) atoms. The van der Waals surface area contributed by atoms with Crippen molar-refractivity contribution in [3.63, 3.8) is 0 Å². The molecule has 4 aromatic rings. The number of nitriles is 1. The average molecular weight is 525 g/mol. The van der Waals surface area contributed by atoms with E-state index in [9.17, 15) is 14.8 Å². The maximum Gasteiger partial charge on any atom is 0.317 e. The van der Waals surface area contributed by atoms with E-state index in [4.69, 9.17) is 15.2 Å². The normalized spacial score (nSPS) is 17.5. The zero-order chi connectivity index (χ0) is 25.7. The van der Waals surface area contributed by atoms with E-state index in [1.165, 1.54) is 6.20 Å². The molecule has 0 bridgehead atoms. The Morgan fingerprint density at radius 2 is 2.11 bits per heavy atom. The SMILES string of the molecule is N#Cc1c(N)sc2c(F)cnc(-c3c4c(c5cnc(OC[C@@H]6CCCN6CCO)nc5c3F)COC4)c12. The van der Waals surface area contributed by atoms with Crippen LogP contribution in [0.4, 0.5) is 13.8 Å². The van der Waals surface area contributed by atoms with Crippen LogP contribution >= 0.6 is 11.3 Å². The molecule has 2 aliphatic rings. The Labute approximate surface area is 214 Å². The number of halogens is 2. The van der Waals surface area contributed by atoms with Crippen LogP contribution in [0.15, 0.2) is 12.4 Å². The minimum Gasteiger partial charge on any atom is -0.462 e. The smallest absolute Gasteiger partial charge is 0.317 e. The molecule has 0 radical (unpaired) electrons. The molecule has 190 valence electrons. The van der Waals surface area contributed by atoms with Crippen LogP contribution in [0.25, 0.3) is 32.2 Å². The molecule has 0 unspecified atom stereocenters. The van der Waals surface area contributed by atoms with Crippen LogP contribution in [0, 0.1) is 23.0 Å². The first-order chi connectivity index (χ1) is 18.0. The second kappa shape index (κ2) is 9.42. The molecule has 12 heteroatoms. The molecule has 5 heterocycles. The number of anilines is 1. The van der Waals surface area contributed by atoms with Crippen LogP contribution in [0.5, 0.6) is 6.01 Å². The summed E-state index contributed by atoms with van der Waals surface area (Å²) in [5.74, 6) is -1.31. The standard InChI is InChI=1S/C25H22F2N6O3S/c26-17-8-30-22(19-13(6-28)24(29)37-23(17)19)18-16-11-35-10-15(16)14-7-31-25(32-21(14)20(18)27)36-9-12-2-1-3-33(12)4-5-34/h7-8,12,34H,1-5,9-11,29H2/t12-/m0/s1. The predicted octanol–water partition coefficient (Wildman–Crippen LogP) is 3.50. The monoisotopic (exact) mass is 524 g/mol. The number of nitrogens with two attached hydrogens (primary N) is 1. The number of hydrogen-bond acceptors (Lipinski definition) is 10. The van der Waals surface area contributed by atoms with E-state index in [0.29, 0.717) is 29.7 Å². The molecule has 0 aliphatic carbocycles. The van der Waals surface area contributed by atoms with E-state index in [1.54, 1.807) is 0 Å². The number of rotatable bonds is 6. The molecule has 1 aromatic carbocycles. The first-order valence-electron chi connectivity index (χ1n) is 11.8. The van der Waals surface area contributed by atoms with Crippen molar-refractivity contribution in [2.45, 2.75) is 32.1 Å². The lowest BCUT2D eigenvalue weighted by atomic mass is 9.94. The number of ether oxygens (including phenoxy) is 2. The molecule has 0 amide bonds. The third kappa shape index (κ3) is 3.86. The highest BCUT2D eigenvalue weighted by atomic mass is 32.1. The quantitative estimate of drug-likeness (QED) is 0.389. The average Bonchev–Trinajstić information content (AvgIpc) is 3.63. The van der Waals surface area contributed by atoms with Crippen molar-refractivity contribution in [1.29, 1.82) is 5.26 Å². The van der Waals surface area contributed by atoms with Gasteiger partial charge in [0.05, 0.1) is 42.0 Å². The van der Waals surface area contributed by atoms with Gasteiger partial charge in [-0.25, -0.2) is 13.8 Å². The molecule has 6 rings (SSSR count). The molecule has 1 fully saturated rings. The van der Waals surface area contributed by atoms with Gasteiger partial charge in [0.15, 0.2) is 11.6 Å². The molecule has 1 atom stereocenters. The summed E-state index contributed by atoms with van der Waals surface area (Å²) in [7, 11) is 0. The van der Waals surface area contributed by atoms with Crippen LogP contribution in [0.1, 0.15) is 29.5 Å². The zero-order valence-electron chi connectivity index (χ0n) is 19.6. The number of aliphatic hydroxyl groups excluding tert-OH is 1. The number of nitrogens with zero attached hydrogens (tertiary/aromatic N) is 5. The zero-order valence-corrected chi connectivity index (χ0v) is 20.4. The molecule has 3 aromatic heterocycles. The van der Waals surface area contributed by atoms with Gasteiger partial charge in [-0.2, -0.15) is 10.2 Å². The maximum absolute atomic E-state index is 16.3. The lowest BCUT2D eigenvalue weighted by Crippen LogP contribution is -2.36. The van der Waals surface area contributed by atoms with Crippen molar-refractivity contribution < 1.29 is 23.4 Å². The Hall–Kier alpha value is -3.50. The molecular formula is C25H22F2N6O3S. The Morgan fingerprint density at radius 3 is 2.92 bits per heavy atom. The van der Waals surface area contributed by atoms with Gasteiger partial charge in [-0.15, -0.1) is 11.3 Å². The molecular weight excluding hydrogens is 502 g/mol. The number of likely N-dealkylation sites (tertiary alicyclic amines) is 1. The second-order valence-electron chi connectivity index (χ2n) is 9.03. The molecule has 9 nitrogen and oxygen atoms in total. The van der Waals surface area contributed by atoms with Gasteiger partial charge >= 0.3 is 6.01 Å². The van der Waals surface area contributed by atoms with Crippen molar-refractivity contribution in [3.8, 4) is 23.3 Å². The largest absolute Gasteiger partial charge is 0.462 e. The van der Waals surface area contributed by atoms with E-state index in [1.807, 2.05) is 6.07 Å². The summed E-state index contributed by atoms with van der Waals surface area (Å²) >= 11 is 0.927. The van der Waals surface area contributed by atoms with Gasteiger partial charge < -0.3 is 20.3 Å². The topological polar surface area (TPSA) is 130 Å². The summed E-state index contributed by atoms with van der Waals surface area (Å²) < 4.78 is 42.5. The Morgan fingerprint density at radius 1 is 1.27 bits per heavy atom. The number of benzene rings is 1. The molecule has 3 N–H and O–H groups in total. The fourth-order valence-electron chi connectivity index (χ4n) is 5.28. The summed E-state index contributed by atoms with van der Waals surface area (Å²) in [4.78, 5) is 15.1. The van der Waals surface area contributed by atoms with Crippen molar-refractivity contribution in [2.75, 3.05) is 32.0 Å². The predicted molar refractivity (Wildman–Crippen MR) is 133 cm³/mol. The first kappa shape index (κ1) is 23.9. The number of nitrogen functional groups attached to an aromatic ring is 1. The van der Waals surface area contributed by atoms with Crippen molar-refractivity contribution in [2.24, 2.45) is 0 Å². The lowest BCUT2D eigenvalue weighted by Gasteiger charge is -2.23. The van der Waals surface area contributed by atoms with Gasteiger partial charge in [-0.05, 0) is 30.5 Å². The number of β-amino-alcohol motifs (C(OH)–C–C–N with tert-alkyl or cyclic N) is 1. The highest BCUT2D eigenvalue weighted by Gasteiger charge is 2.30. The summed E-state index contributed by atoms with van der Waals surface area (Å²) in [5.41, 5.74) is 7.57. The summed E-state index contributed by atoms with van der Waals surface area (Å²) in [6, 6.07) is 2.15. The number of thiophene rings is 1. The number of fused-ring (bicyclic) bond motifs is 4. The summed E-state index contributed by atoms with van der Waals surface area (Å²) in [6.45, 7) is 2.18. The molecule has 0 saturated carbocycles. The third-order valence-electron chi connectivity index (χ3n) is 7.01. The van der Waals surface area contributed by atoms with E-state index in [-0.39, 0.29) is 69.3 Å². The summed E-state index contributed by atoms with van der Waals surface area (Å²) in [6.07, 6.45) is 4.46. The number of pyridine rings is 1. The number of aromatic nitrogens is 3. The van der Waals surface area contributed by atoms with E-state index < -0.39 is 11.6 Å². The Bertz CT molecular complexity index is 1590. The molecule has 2 aliphatic heterocycles. The van der Waals surface area contributed by atoms with Gasteiger partial charge in [0.25, 0.3) is 0 Å². The van der Waals surface area contributed by atoms with Crippen molar-refractivity contribution >= 4 is 37.3 Å². The van der Waals surface area contributed by atoms with E-state index in [0.717, 1.165) is 36.9 Å². The fourth-order valence-corrected chi connectivity index (χ4v) is 6.20. The number of aliphatic hydroxyl groups is 1. The van der Waals surface area contributed by atoms with Crippen LogP contribution in [0.2, 0.25) is 0 Å². The van der Waals surface area contributed by atoms with Crippen molar-refractivity contribution in [3.05, 3.63) is 40.7 Å². The van der Waals surface area contributed by atoms with Crippen LogP contribution in [-0.4, -0.2) is 57.3 Å². The van der Waals surface area contributed by atoms with Gasteiger partial charge in [0.1, 0.15) is 23.2 Å². The lowest BCUT2D eigenvalue weighted by molar-refractivity contribution is 0.135. The van der Waals surface area contributed by atoms with Gasteiger partial charge in [-0.1, -0.05) is 0 Å². The second-order valence-corrected chi connectivity index (χ2v) is 10.1. The van der Waals surface area contributed by atoms with E-state index >= 15 is 4.39 Å². The molecule has 0 spiro atoms. The minimum atomic E-state index is -0.677. The van der Waals surface area contributed by atoms with Crippen LogP contribution in [0.3, 0.4) is 0 Å². The van der Waals surface area contributed by atoms with Crippen LogP contribution < -0.4 is 10.5 Å². The fraction of sp³-hybridized carbons (Fsp3) is 0.360. The highest BCUT2D eigenvalue weighted by molar-refractivity contribution is 7.23. The highest BCUT2D eigenvalue weighted by Crippen LogP contribution is 2.45.